The summed E-state index contributed by atoms with van der Waals surface area (Å²) in [5, 5.41) is 11.3. The van der Waals surface area contributed by atoms with E-state index in [0.717, 1.165) is 11.1 Å². The third-order valence-corrected chi connectivity index (χ3v) is 6.34. The van der Waals surface area contributed by atoms with E-state index >= 15 is 0 Å². The fourth-order valence-electron chi connectivity index (χ4n) is 3.79. The standard InChI is InChI=1S/C25H26Cl2O5/c1-31-24(29)18(16-22(28)23-20(26)6-3-7-21(23)27)5-2-4-17-8-10-19(11-9-17)25(30)12-14-32-15-13-25/h2-4,6-11,18,30H,5,12-16H2,1H3/b4-2+. The molecule has 7 heteroatoms. The average molecular weight is 477 g/mol. The van der Waals surface area contributed by atoms with Crippen molar-refractivity contribution in [2.75, 3.05) is 20.3 Å². The molecule has 1 atom stereocenters. The van der Waals surface area contributed by atoms with E-state index < -0.39 is 17.5 Å². The van der Waals surface area contributed by atoms with Gasteiger partial charge in [0.15, 0.2) is 5.78 Å². The van der Waals surface area contributed by atoms with Crippen molar-refractivity contribution in [3.05, 3.63) is 75.3 Å². The molecule has 1 fully saturated rings. The predicted octanol–water partition coefficient (Wildman–Crippen LogP) is 5.46. The highest BCUT2D eigenvalue weighted by atomic mass is 35.5. The Hall–Kier alpha value is -2.18. The van der Waals surface area contributed by atoms with Gasteiger partial charge in [0.1, 0.15) is 0 Å². The first-order valence-corrected chi connectivity index (χ1v) is 11.2. The van der Waals surface area contributed by atoms with Crippen molar-refractivity contribution in [2.45, 2.75) is 31.3 Å². The fraction of sp³-hybridized carbons (Fsp3) is 0.360. The van der Waals surface area contributed by atoms with E-state index in [1.807, 2.05) is 36.4 Å². The molecule has 1 unspecified atom stereocenters. The lowest BCUT2D eigenvalue weighted by molar-refractivity contribution is -0.145. The minimum Gasteiger partial charge on any atom is -0.469 e. The van der Waals surface area contributed by atoms with Crippen molar-refractivity contribution < 1.29 is 24.2 Å². The van der Waals surface area contributed by atoms with Crippen molar-refractivity contribution in [3.8, 4) is 0 Å². The third kappa shape index (κ3) is 5.99. The largest absolute Gasteiger partial charge is 0.469 e. The average Bonchev–Trinajstić information content (AvgIpc) is 2.78. The maximum atomic E-state index is 12.7. The number of Topliss-reactive ketones (excluding diaryl/α,β-unsaturated/α-hetero) is 1. The van der Waals surface area contributed by atoms with Crippen molar-refractivity contribution in [1.29, 1.82) is 0 Å². The van der Waals surface area contributed by atoms with E-state index in [2.05, 4.69) is 0 Å². The van der Waals surface area contributed by atoms with E-state index in [4.69, 9.17) is 32.7 Å². The highest BCUT2D eigenvalue weighted by Crippen LogP contribution is 2.32. The van der Waals surface area contributed by atoms with Gasteiger partial charge in [0.05, 0.1) is 34.2 Å². The van der Waals surface area contributed by atoms with E-state index in [0.29, 0.717) is 32.5 Å². The van der Waals surface area contributed by atoms with Gasteiger partial charge >= 0.3 is 5.97 Å². The number of rotatable bonds is 8. The van der Waals surface area contributed by atoms with Crippen LogP contribution in [0.25, 0.3) is 6.08 Å². The molecule has 0 spiro atoms. The molecule has 0 amide bonds. The van der Waals surface area contributed by atoms with Crippen LogP contribution in [0.2, 0.25) is 10.0 Å². The number of halogens is 2. The summed E-state index contributed by atoms with van der Waals surface area (Å²) in [5.41, 5.74) is 1.16. The lowest BCUT2D eigenvalue weighted by atomic mass is 9.86. The molecule has 1 aliphatic heterocycles. The summed E-state index contributed by atoms with van der Waals surface area (Å²) in [4.78, 5) is 25.0. The van der Waals surface area contributed by atoms with Crippen LogP contribution in [0.3, 0.4) is 0 Å². The molecule has 32 heavy (non-hydrogen) atoms. The maximum absolute atomic E-state index is 12.7. The fourth-order valence-corrected chi connectivity index (χ4v) is 4.40. The van der Waals surface area contributed by atoms with E-state index in [-0.39, 0.29) is 27.8 Å². The summed E-state index contributed by atoms with van der Waals surface area (Å²) in [6.07, 6.45) is 5.12. The third-order valence-electron chi connectivity index (χ3n) is 5.71. The van der Waals surface area contributed by atoms with Gasteiger partial charge in [-0.3, -0.25) is 9.59 Å². The van der Waals surface area contributed by atoms with Crippen molar-refractivity contribution in [2.24, 2.45) is 5.92 Å². The Balaban J connectivity index is 1.66. The second kappa shape index (κ2) is 11.1. The first-order chi connectivity index (χ1) is 15.3. The van der Waals surface area contributed by atoms with E-state index in [1.165, 1.54) is 7.11 Å². The molecular formula is C25H26Cl2O5. The molecule has 2 aromatic rings. The SMILES string of the molecule is COC(=O)C(C/C=C/c1ccc(C2(O)CCOCC2)cc1)CC(=O)c1c(Cl)cccc1Cl. The van der Waals surface area contributed by atoms with Crippen LogP contribution in [0.1, 0.15) is 47.2 Å². The second-order valence-electron chi connectivity index (χ2n) is 7.85. The topological polar surface area (TPSA) is 72.8 Å². The summed E-state index contributed by atoms with van der Waals surface area (Å²) in [5.74, 6) is -1.43. The van der Waals surface area contributed by atoms with Crippen LogP contribution < -0.4 is 0 Å². The van der Waals surface area contributed by atoms with Gasteiger partial charge in [-0.15, -0.1) is 0 Å². The van der Waals surface area contributed by atoms with Crippen molar-refractivity contribution in [1.82, 2.24) is 0 Å². The highest BCUT2D eigenvalue weighted by Gasteiger charge is 2.31. The molecule has 2 aromatic carbocycles. The number of carbonyl (C=O) groups is 2. The highest BCUT2D eigenvalue weighted by molar-refractivity contribution is 6.39. The zero-order valence-electron chi connectivity index (χ0n) is 17.9. The number of ketones is 1. The monoisotopic (exact) mass is 476 g/mol. The van der Waals surface area contributed by atoms with Crippen LogP contribution in [-0.4, -0.2) is 37.2 Å². The maximum Gasteiger partial charge on any atom is 0.309 e. The van der Waals surface area contributed by atoms with Crippen molar-refractivity contribution in [3.63, 3.8) is 0 Å². The van der Waals surface area contributed by atoms with Gasteiger partial charge in [-0.25, -0.2) is 0 Å². The summed E-state index contributed by atoms with van der Waals surface area (Å²) in [7, 11) is 1.30. The number of hydrogen-bond acceptors (Lipinski definition) is 5. The van der Waals surface area contributed by atoms with Crippen molar-refractivity contribution >= 4 is 41.0 Å². The molecule has 1 aliphatic rings. The number of benzene rings is 2. The molecule has 1 heterocycles. The Kier molecular flexibility index (Phi) is 8.49. The Morgan fingerprint density at radius 2 is 1.75 bits per heavy atom. The Morgan fingerprint density at radius 1 is 1.12 bits per heavy atom. The quantitative estimate of drug-likeness (QED) is 0.404. The van der Waals surface area contributed by atoms with Gasteiger partial charge in [0, 0.05) is 32.5 Å². The number of esters is 1. The second-order valence-corrected chi connectivity index (χ2v) is 8.66. The molecule has 1 N–H and O–H groups in total. The normalized spacial score (nSPS) is 16.6. The number of methoxy groups -OCH3 is 1. The predicted molar refractivity (Wildman–Crippen MR) is 125 cm³/mol. The lowest BCUT2D eigenvalue weighted by Crippen LogP contribution is -2.33. The minimum absolute atomic E-state index is 0.0610. The molecule has 1 saturated heterocycles. The van der Waals surface area contributed by atoms with Gasteiger partial charge in [0.25, 0.3) is 0 Å². The summed E-state index contributed by atoms with van der Waals surface area (Å²) < 4.78 is 10.2. The van der Waals surface area contributed by atoms with Gasteiger partial charge in [-0.1, -0.05) is 65.7 Å². The first kappa shape index (κ1) is 24.5. The molecule has 5 nitrogen and oxygen atoms in total. The number of ether oxygens (including phenoxy) is 2. The summed E-state index contributed by atoms with van der Waals surface area (Å²) in [6, 6.07) is 12.5. The molecule has 0 bridgehead atoms. The van der Waals surface area contributed by atoms with Crippen LogP contribution in [0, 0.1) is 5.92 Å². The summed E-state index contributed by atoms with van der Waals surface area (Å²) in [6.45, 7) is 1.09. The smallest absolute Gasteiger partial charge is 0.309 e. The number of allylic oxidation sites excluding steroid dienone is 1. The van der Waals surface area contributed by atoms with E-state index in [1.54, 1.807) is 18.2 Å². The Bertz CT molecular complexity index is 958. The van der Waals surface area contributed by atoms with Gasteiger partial charge in [0.2, 0.25) is 0 Å². The number of aliphatic hydroxyl groups is 1. The molecule has 170 valence electrons. The molecule has 3 rings (SSSR count). The zero-order chi connectivity index (χ0) is 23.1. The lowest BCUT2D eigenvalue weighted by Gasteiger charge is -2.32. The minimum atomic E-state index is -0.850. The van der Waals surface area contributed by atoms with Gasteiger partial charge < -0.3 is 14.6 Å². The number of carbonyl (C=O) groups excluding carboxylic acids is 2. The zero-order valence-corrected chi connectivity index (χ0v) is 19.4. The van der Waals surface area contributed by atoms with Gasteiger partial charge in [-0.05, 0) is 29.7 Å². The summed E-state index contributed by atoms with van der Waals surface area (Å²) >= 11 is 12.2. The Morgan fingerprint density at radius 3 is 2.34 bits per heavy atom. The van der Waals surface area contributed by atoms with Crippen LogP contribution in [0.15, 0.2) is 48.5 Å². The van der Waals surface area contributed by atoms with E-state index in [9.17, 15) is 14.7 Å². The first-order valence-electron chi connectivity index (χ1n) is 10.5. The van der Waals surface area contributed by atoms with Crippen LogP contribution in [-0.2, 0) is 19.9 Å². The molecule has 0 saturated carbocycles. The molecule has 0 radical (unpaired) electrons. The molecule has 0 aromatic heterocycles. The number of hydrogen-bond donors (Lipinski definition) is 1. The Labute approximate surface area is 197 Å². The van der Waals surface area contributed by atoms with Crippen LogP contribution in [0.5, 0.6) is 0 Å². The molecular weight excluding hydrogens is 451 g/mol. The van der Waals surface area contributed by atoms with Gasteiger partial charge in [-0.2, -0.15) is 0 Å². The van der Waals surface area contributed by atoms with Crippen LogP contribution in [0.4, 0.5) is 0 Å². The van der Waals surface area contributed by atoms with Crippen LogP contribution >= 0.6 is 23.2 Å². The molecule has 0 aliphatic carbocycles.